The molecule has 0 radical (unpaired) electrons. The molecule has 0 spiro atoms. The number of benzene rings is 1. The molecule has 8 heteroatoms. The lowest BCUT2D eigenvalue weighted by Crippen LogP contribution is -2.13. The highest BCUT2D eigenvalue weighted by molar-refractivity contribution is 6.03. The molecule has 0 unspecified atom stereocenters. The lowest BCUT2D eigenvalue weighted by Gasteiger charge is -2.08. The van der Waals surface area contributed by atoms with E-state index in [0.29, 0.717) is 24.1 Å². The van der Waals surface area contributed by atoms with Gasteiger partial charge in [0.25, 0.3) is 0 Å². The summed E-state index contributed by atoms with van der Waals surface area (Å²) in [5.41, 5.74) is 0.0328. The number of rotatable bonds is 8. The van der Waals surface area contributed by atoms with Gasteiger partial charge in [0, 0.05) is 0 Å². The molecule has 3 rings (SSSR count). The molecule has 0 N–H and O–H groups in total. The summed E-state index contributed by atoms with van der Waals surface area (Å²) in [5, 5.41) is 0. The Balaban J connectivity index is 1.65. The first-order chi connectivity index (χ1) is 13.6. The Morgan fingerprint density at radius 3 is 1.50 bits per heavy atom. The fourth-order valence-corrected chi connectivity index (χ4v) is 2.34. The van der Waals surface area contributed by atoms with Gasteiger partial charge in [-0.1, -0.05) is 12.1 Å². The van der Waals surface area contributed by atoms with Gasteiger partial charge in [0.1, 0.15) is 24.7 Å². The quantitative estimate of drug-likeness (QED) is 0.431. The largest absolute Gasteiger partial charge is 0.455 e. The summed E-state index contributed by atoms with van der Waals surface area (Å²) in [6.45, 7) is -0.395. The van der Waals surface area contributed by atoms with Gasteiger partial charge in [-0.2, -0.15) is 0 Å². The molecule has 0 aliphatic heterocycles. The summed E-state index contributed by atoms with van der Waals surface area (Å²) in [7, 11) is 0. The van der Waals surface area contributed by atoms with Gasteiger partial charge in [0.2, 0.25) is 0 Å². The molecular weight excluding hydrogens is 368 g/mol. The maximum Gasteiger partial charge on any atom is 0.339 e. The SMILES string of the molecule is O=Cc1ccc(COC(=O)c2ccccc2C(=O)OCc2ccc(C=O)o2)o1. The molecule has 28 heavy (non-hydrogen) atoms. The number of aldehydes is 2. The van der Waals surface area contributed by atoms with Gasteiger partial charge in [-0.05, 0) is 36.4 Å². The average Bonchev–Trinajstić information content (AvgIpc) is 3.39. The number of carbonyl (C=O) groups is 4. The summed E-state index contributed by atoms with van der Waals surface area (Å²) < 4.78 is 20.5. The zero-order valence-electron chi connectivity index (χ0n) is 14.5. The van der Waals surface area contributed by atoms with Gasteiger partial charge in [-0.15, -0.1) is 0 Å². The van der Waals surface area contributed by atoms with E-state index < -0.39 is 11.9 Å². The number of hydrogen-bond donors (Lipinski definition) is 0. The molecule has 0 atom stereocenters. The van der Waals surface area contributed by atoms with E-state index in [0.717, 1.165) is 0 Å². The first-order valence-electron chi connectivity index (χ1n) is 8.11. The highest BCUT2D eigenvalue weighted by Crippen LogP contribution is 2.16. The first-order valence-corrected chi connectivity index (χ1v) is 8.11. The van der Waals surface area contributed by atoms with Crippen molar-refractivity contribution in [2.24, 2.45) is 0 Å². The fourth-order valence-electron chi connectivity index (χ4n) is 2.34. The normalized spacial score (nSPS) is 10.3. The molecule has 0 saturated carbocycles. The molecule has 142 valence electrons. The van der Waals surface area contributed by atoms with Crippen LogP contribution in [0.15, 0.2) is 57.4 Å². The van der Waals surface area contributed by atoms with Crippen LogP contribution in [0.3, 0.4) is 0 Å². The van der Waals surface area contributed by atoms with Gasteiger partial charge in [0.15, 0.2) is 24.1 Å². The third-order valence-corrected chi connectivity index (χ3v) is 3.66. The van der Waals surface area contributed by atoms with Crippen LogP contribution in [-0.2, 0) is 22.7 Å². The smallest absolute Gasteiger partial charge is 0.339 e. The summed E-state index contributed by atoms with van der Waals surface area (Å²) >= 11 is 0. The number of esters is 2. The third-order valence-electron chi connectivity index (χ3n) is 3.66. The van der Waals surface area contributed by atoms with Crippen molar-refractivity contribution in [3.8, 4) is 0 Å². The van der Waals surface area contributed by atoms with Crippen LogP contribution in [0.1, 0.15) is 53.3 Å². The Morgan fingerprint density at radius 1 is 0.714 bits per heavy atom. The van der Waals surface area contributed by atoms with Crippen LogP contribution in [0.5, 0.6) is 0 Å². The van der Waals surface area contributed by atoms with E-state index in [4.69, 9.17) is 18.3 Å². The fraction of sp³-hybridized carbons (Fsp3) is 0.100. The van der Waals surface area contributed by atoms with Crippen molar-refractivity contribution in [1.29, 1.82) is 0 Å². The van der Waals surface area contributed by atoms with Crippen molar-refractivity contribution in [2.45, 2.75) is 13.2 Å². The molecule has 0 aliphatic carbocycles. The lowest BCUT2D eigenvalue weighted by atomic mass is 10.1. The highest BCUT2D eigenvalue weighted by Gasteiger charge is 2.20. The van der Waals surface area contributed by atoms with Crippen molar-refractivity contribution < 1.29 is 37.5 Å². The third kappa shape index (κ3) is 4.42. The van der Waals surface area contributed by atoms with Crippen molar-refractivity contribution in [3.63, 3.8) is 0 Å². The van der Waals surface area contributed by atoms with Crippen molar-refractivity contribution >= 4 is 24.5 Å². The molecule has 2 aromatic heterocycles. The van der Waals surface area contributed by atoms with Crippen LogP contribution >= 0.6 is 0 Å². The van der Waals surface area contributed by atoms with E-state index >= 15 is 0 Å². The van der Waals surface area contributed by atoms with Gasteiger partial charge in [0.05, 0.1) is 11.1 Å². The van der Waals surface area contributed by atoms with Gasteiger partial charge in [-0.3, -0.25) is 9.59 Å². The second-order valence-electron chi connectivity index (χ2n) is 5.54. The minimum atomic E-state index is -0.752. The zero-order chi connectivity index (χ0) is 19.9. The number of carbonyl (C=O) groups excluding carboxylic acids is 4. The van der Waals surface area contributed by atoms with Crippen molar-refractivity contribution in [2.75, 3.05) is 0 Å². The predicted molar refractivity (Wildman–Crippen MR) is 92.9 cm³/mol. The standard InChI is InChI=1S/C20H14O8/c21-9-13-5-7-15(27-13)11-25-19(23)17-3-1-2-4-18(17)20(24)26-12-16-8-6-14(10-22)28-16/h1-10H,11-12H2. The Bertz CT molecular complexity index is 929. The summed E-state index contributed by atoms with van der Waals surface area (Å²) in [5.74, 6) is -0.689. The van der Waals surface area contributed by atoms with E-state index in [1.807, 2.05) is 0 Å². The topological polar surface area (TPSA) is 113 Å². The summed E-state index contributed by atoms with van der Waals surface area (Å²) in [4.78, 5) is 45.9. The van der Waals surface area contributed by atoms with Crippen LogP contribution in [-0.4, -0.2) is 24.5 Å². The molecule has 3 aromatic rings. The van der Waals surface area contributed by atoms with Crippen LogP contribution in [0.25, 0.3) is 0 Å². The zero-order valence-corrected chi connectivity index (χ0v) is 14.5. The summed E-state index contributed by atoms with van der Waals surface area (Å²) in [6.07, 6.45) is 1.07. The molecule has 0 fully saturated rings. The molecule has 8 nitrogen and oxygen atoms in total. The van der Waals surface area contributed by atoms with Crippen molar-refractivity contribution in [1.82, 2.24) is 0 Å². The van der Waals surface area contributed by atoms with E-state index in [9.17, 15) is 19.2 Å². The predicted octanol–water partition coefficient (Wildman–Crippen LogP) is 3.21. The number of ether oxygens (including phenoxy) is 2. The Hall–Kier alpha value is -3.94. The van der Waals surface area contributed by atoms with Crippen molar-refractivity contribution in [3.05, 3.63) is 82.7 Å². The van der Waals surface area contributed by atoms with Crippen LogP contribution in [0.4, 0.5) is 0 Å². The molecule has 1 aromatic carbocycles. The van der Waals surface area contributed by atoms with Gasteiger partial charge >= 0.3 is 11.9 Å². The van der Waals surface area contributed by atoms with Gasteiger partial charge in [-0.25, -0.2) is 9.59 Å². The minimum Gasteiger partial charge on any atom is -0.455 e. The van der Waals surface area contributed by atoms with E-state index in [2.05, 4.69) is 0 Å². The molecule has 0 amide bonds. The van der Waals surface area contributed by atoms with Crippen LogP contribution in [0, 0.1) is 0 Å². The van der Waals surface area contributed by atoms with Gasteiger partial charge < -0.3 is 18.3 Å². The number of hydrogen-bond acceptors (Lipinski definition) is 8. The highest BCUT2D eigenvalue weighted by atomic mass is 16.5. The lowest BCUT2D eigenvalue weighted by molar-refractivity contribution is 0.0398. The Morgan fingerprint density at radius 2 is 1.14 bits per heavy atom. The molecule has 0 saturated heterocycles. The maximum atomic E-state index is 12.3. The molecule has 0 bridgehead atoms. The monoisotopic (exact) mass is 382 g/mol. The maximum absolute atomic E-state index is 12.3. The number of furan rings is 2. The first kappa shape index (κ1) is 18.8. The molecular formula is C20H14O8. The minimum absolute atomic E-state index is 0.0164. The second-order valence-corrected chi connectivity index (χ2v) is 5.54. The molecule has 2 heterocycles. The Kier molecular flexibility index (Phi) is 5.81. The van der Waals surface area contributed by atoms with E-state index in [-0.39, 0.29) is 35.9 Å². The second kappa shape index (κ2) is 8.63. The van der Waals surface area contributed by atoms with E-state index in [1.54, 1.807) is 12.1 Å². The Labute approximate surface area is 158 Å². The average molecular weight is 382 g/mol. The van der Waals surface area contributed by atoms with E-state index in [1.165, 1.54) is 36.4 Å². The van der Waals surface area contributed by atoms with Crippen LogP contribution < -0.4 is 0 Å². The summed E-state index contributed by atoms with van der Waals surface area (Å²) in [6, 6.07) is 11.9. The van der Waals surface area contributed by atoms with Crippen LogP contribution in [0.2, 0.25) is 0 Å². The molecule has 0 aliphatic rings.